The number of Topliss-reactive ketones (excluding diaryl/α,β-unsaturated/α-hetero) is 1. The topological polar surface area (TPSA) is 90.5 Å². The highest BCUT2D eigenvalue weighted by Gasteiger charge is 2.21. The summed E-state index contributed by atoms with van der Waals surface area (Å²) < 4.78 is 13.3. The van der Waals surface area contributed by atoms with E-state index >= 15 is 0 Å². The third-order valence-corrected chi connectivity index (χ3v) is 6.57. The summed E-state index contributed by atoms with van der Waals surface area (Å²) in [5.41, 5.74) is 1.81. The molecule has 3 heterocycles. The molecule has 1 aliphatic heterocycles. The number of benzene rings is 2. The number of nitrogens with zero attached hydrogens (tertiary/aromatic N) is 4. The van der Waals surface area contributed by atoms with E-state index in [2.05, 4.69) is 22.3 Å². The Morgan fingerprint density at radius 2 is 2.00 bits per heavy atom. The fourth-order valence-corrected chi connectivity index (χ4v) is 4.47. The third kappa shape index (κ3) is 4.99. The fraction of sp³-hybridized carbons (Fsp3) is 0.308. The van der Waals surface area contributed by atoms with Crippen molar-refractivity contribution >= 4 is 28.4 Å². The number of aryl methyl sites for hydroxylation is 1. The van der Waals surface area contributed by atoms with Crippen molar-refractivity contribution in [3.8, 4) is 11.4 Å². The zero-order valence-electron chi connectivity index (χ0n) is 19.5. The molecule has 5 rings (SSSR count). The van der Waals surface area contributed by atoms with Gasteiger partial charge in [-0.3, -0.25) is 4.79 Å². The van der Waals surface area contributed by atoms with Gasteiger partial charge in [0.05, 0.1) is 11.9 Å². The molecule has 35 heavy (non-hydrogen) atoms. The van der Waals surface area contributed by atoms with Gasteiger partial charge in [0, 0.05) is 41.0 Å². The Labute approximate surface area is 207 Å². The van der Waals surface area contributed by atoms with Crippen LogP contribution >= 0.6 is 11.6 Å². The molecule has 2 aromatic carbocycles. The van der Waals surface area contributed by atoms with Crippen LogP contribution in [-0.4, -0.2) is 51.9 Å². The zero-order valence-corrected chi connectivity index (χ0v) is 20.3. The predicted molar refractivity (Wildman–Crippen MR) is 133 cm³/mol. The molecule has 0 spiro atoms. The van der Waals surface area contributed by atoms with Gasteiger partial charge in [0.2, 0.25) is 0 Å². The smallest absolute Gasteiger partial charge is 0.339 e. The monoisotopic (exact) mass is 492 g/mol. The van der Waals surface area contributed by atoms with E-state index in [-0.39, 0.29) is 29.6 Å². The van der Waals surface area contributed by atoms with Gasteiger partial charge in [-0.05, 0) is 63.2 Å². The number of rotatable bonds is 6. The molecule has 1 saturated heterocycles. The molecule has 0 unspecified atom stereocenters. The first-order valence-electron chi connectivity index (χ1n) is 11.5. The minimum atomic E-state index is -0.548. The van der Waals surface area contributed by atoms with Crippen molar-refractivity contribution in [3.05, 3.63) is 80.9 Å². The number of fused-ring (bicyclic) bond motifs is 1. The second-order valence-electron chi connectivity index (χ2n) is 8.91. The highest BCUT2D eigenvalue weighted by Crippen LogP contribution is 2.29. The molecule has 180 valence electrons. The van der Waals surface area contributed by atoms with Crippen LogP contribution in [-0.2, 0) is 6.42 Å². The SMILES string of the molecule is Cc1c(OC2CCN(C)CC2)ccc2cc(CC(=O)c3cn(-c4cccc(Cl)c4)nn3)c(=O)oc12. The standard InChI is InChI=1S/C26H25ClN4O4/c1-16-24(34-21-8-10-30(2)11-9-21)7-6-17-12-18(26(33)35-25(16)17)13-23(32)22-15-31(29-28-22)20-5-3-4-19(27)14-20/h3-7,12,14-15,21H,8-11,13H2,1-2H3. The average molecular weight is 493 g/mol. The normalized spacial score (nSPS) is 14.9. The van der Waals surface area contributed by atoms with Crippen molar-refractivity contribution in [1.82, 2.24) is 19.9 Å². The number of carbonyl (C=O) groups excluding carboxylic acids is 1. The van der Waals surface area contributed by atoms with Gasteiger partial charge in [-0.25, -0.2) is 9.48 Å². The van der Waals surface area contributed by atoms with Crippen LogP contribution in [0.1, 0.15) is 34.5 Å². The molecular formula is C26H25ClN4O4. The number of piperidine rings is 1. The number of carbonyl (C=O) groups is 1. The summed E-state index contributed by atoms with van der Waals surface area (Å²) in [6.45, 7) is 3.88. The lowest BCUT2D eigenvalue weighted by atomic mass is 10.0. The van der Waals surface area contributed by atoms with Gasteiger partial charge in [-0.15, -0.1) is 5.10 Å². The van der Waals surface area contributed by atoms with Gasteiger partial charge >= 0.3 is 5.63 Å². The van der Waals surface area contributed by atoms with Crippen molar-refractivity contribution in [2.75, 3.05) is 20.1 Å². The van der Waals surface area contributed by atoms with Crippen molar-refractivity contribution in [2.24, 2.45) is 0 Å². The minimum Gasteiger partial charge on any atom is -0.490 e. The van der Waals surface area contributed by atoms with Crippen LogP contribution in [0.25, 0.3) is 16.7 Å². The molecule has 0 bridgehead atoms. The molecule has 0 amide bonds. The van der Waals surface area contributed by atoms with Gasteiger partial charge in [0.15, 0.2) is 5.78 Å². The summed E-state index contributed by atoms with van der Waals surface area (Å²) in [5.74, 6) is 0.389. The Morgan fingerprint density at radius 1 is 1.20 bits per heavy atom. The molecule has 0 saturated carbocycles. The van der Waals surface area contributed by atoms with E-state index in [0.717, 1.165) is 42.6 Å². The molecule has 9 heteroatoms. The van der Waals surface area contributed by atoms with Crippen molar-refractivity contribution in [3.63, 3.8) is 0 Å². The van der Waals surface area contributed by atoms with Crippen LogP contribution in [0.2, 0.25) is 5.02 Å². The number of halogens is 1. The summed E-state index contributed by atoms with van der Waals surface area (Å²) in [6, 6.07) is 12.5. The largest absolute Gasteiger partial charge is 0.490 e. The lowest BCUT2D eigenvalue weighted by Gasteiger charge is -2.29. The van der Waals surface area contributed by atoms with E-state index in [1.807, 2.05) is 19.1 Å². The first kappa shape index (κ1) is 23.3. The summed E-state index contributed by atoms with van der Waals surface area (Å²) in [6.07, 6.45) is 3.44. The molecule has 0 radical (unpaired) electrons. The summed E-state index contributed by atoms with van der Waals surface area (Å²) in [5, 5.41) is 9.26. The Hall–Kier alpha value is -3.49. The Bertz CT molecular complexity index is 1450. The van der Waals surface area contributed by atoms with Crippen molar-refractivity contribution in [1.29, 1.82) is 0 Å². The van der Waals surface area contributed by atoms with E-state index in [0.29, 0.717) is 16.3 Å². The minimum absolute atomic E-state index is 0.139. The first-order valence-corrected chi connectivity index (χ1v) is 11.9. The van der Waals surface area contributed by atoms with E-state index in [4.69, 9.17) is 20.8 Å². The van der Waals surface area contributed by atoms with Crippen LogP contribution in [0.15, 0.2) is 57.9 Å². The molecule has 0 atom stereocenters. The van der Waals surface area contributed by atoms with Crippen LogP contribution in [0.4, 0.5) is 0 Å². The van der Waals surface area contributed by atoms with Crippen LogP contribution in [0.3, 0.4) is 0 Å². The number of aromatic nitrogens is 3. The molecule has 1 aliphatic rings. The number of hydrogen-bond acceptors (Lipinski definition) is 7. The second-order valence-corrected chi connectivity index (χ2v) is 9.35. The van der Waals surface area contributed by atoms with Crippen LogP contribution in [0.5, 0.6) is 5.75 Å². The number of ketones is 1. The Kier molecular flexibility index (Phi) is 6.40. The number of ether oxygens (including phenoxy) is 1. The van der Waals surface area contributed by atoms with E-state index in [9.17, 15) is 9.59 Å². The lowest BCUT2D eigenvalue weighted by molar-refractivity contribution is 0.0987. The lowest BCUT2D eigenvalue weighted by Crippen LogP contribution is -2.35. The molecule has 2 aromatic heterocycles. The molecule has 0 aliphatic carbocycles. The maximum absolute atomic E-state index is 12.8. The maximum atomic E-state index is 12.8. The average Bonchev–Trinajstić information content (AvgIpc) is 3.34. The molecule has 1 fully saturated rings. The summed E-state index contributed by atoms with van der Waals surface area (Å²) in [7, 11) is 2.11. The predicted octanol–water partition coefficient (Wildman–Crippen LogP) is 4.23. The van der Waals surface area contributed by atoms with Crippen molar-refractivity contribution in [2.45, 2.75) is 32.3 Å². The quantitative estimate of drug-likeness (QED) is 0.294. The fourth-order valence-electron chi connectivity index (χ4n) is 4.28. The second kappa shape index (κ2) is 9.64. The van der Waals surface area contributed by atoms with Crippen molar-refractivity contribution < 1.29 is 13.9 Å². The summed E-state index contributed by atoms with van der Waals surface area (Å²) >= 11 is 6.03. The van der Waals surface area contributed by atoms with Gasteiger partial charge in [0.1, 0.15) is 23.1 Å². The first-order chi connectivity index (χ1) is 16.9. The zero-order chi connectivity index (χ0) is 24.5. The highest BCUT2D eigenvalue weighted by atomic mass is 35.5. The summed E-state index contributed by atoms with van der Waals surface area (Å²) in [4.78, 5) is 27.9. The molecule has 4 aromatic rings. The maximum Gasteiger partial charge on any atom is 0.339 e. The van der Waals surface area contributed by atoms with Gasteiger partial charge in [-0.2, -0.15) is 0 Å². The number of likely N-dealkylation sites (tertiary alicyclic amines) is 1. The molecule has 0 N–H and O–H groups in total. The van der Waals surface area contributed by atoms with E-state index < -0.39 is 5.63 Å². The Balaban J connectivity index is 1.35. The van der Waals surface area contributed by atoms with E-state index in [1.165, 1.54) is 10.9 Å². The number of hydrogen-bond donors (Lipinski definition) is 0. The van der Waals surface area contributed by atoms with Gasteiger partial charge in [-0.1, -0.05) is 22.9 Å². The third-order valence-electron chi connectivity index (χ3n) is 6.34. The Morgan fingerprint density at radius 3 is 2.77 bits per heavy atom. The van der Waals surface area contributed by atoms with Gasteiger partial charge in [0.25, 0.3) is 0 Å². The van der Waals surface area contributed by atoms with Gasteiger partial charge < -0.3 is 14.1 Å². The van der Waals surface area contributed by atoms with E-state index in [1.54, 1.807) is 30.3 Å². The molecular weight excluding hydrogens is 468 g/mol. The van der Waals surface area contributed by atoms with Crippen LogP contribution in [0, 0.1) is 6.92 Å². The molecule has 8 nitrogen and oxygen atoms in total. The highest BCUT2D eigenvalue weighted by molar-refractivity contribution is 6.30. The van der Waals surface area contributed by atoms with Crippen LogP contribution < -0.4 is 10.4 Å².